The van der Waals surface area contributed by atoms with Crippen molar-refractivity contribution in [2.45, 2.75) is 26.8 Å². The molecule has 0 amide bonds. The smallest absolute Gasteiger partial charge is 0.243 e. The number of aromatic nitrogens is 2. The molecular formula is C12H15N3O2. The van der Waals surface area contributed by atoms with Crippen LogP contribution in [0.1, 0.15) is 30.0 Å². The van der Waals surface area contributed by atoms with Crippen molar-refractivity contribution < 1.29 is 9.63 Å². The van der Waals surface area contributed by atoms with E-state index in [2.05, 4.69) is 10.1 Å². The largest absolute Gasteiger partial charge is 0.507 e. The second kappa shape index (κ2) is 4.18. The van der Waals surface area contributed by atoms with Crippen LogP contribution in [0.3, 0.4) is 0 Å². The first kappa shape index (κ1) is 11.6. The van der Waals surface area contributed by atoms with Crippen molar-refractivity contribution in [3.63, 3.8) is 0 Å². The van der Waals surface area contributed by atoms with Crippen LogP contribution in [-0.4, -0.2) is 15.2 Å². The lowest BCUT2D eigenvalue weighted by Crippen LogP contribution is -2.04. The van der Waals surface area contributed by atoms with Gasteiger partial charge in [0.1, 0.15) is 5.75 Å². The second-order valence-electron chi connectivity index (χ2n) is 4.20. The van der Waals surface area contributed by atoms with Gasteiger partial charge in [-0.3, -0.25) is 0 Å². The highest BCUT2D eigenvalue weighted by atomic mass is 16.5. The predicted molar refractivity (Wildman–Crippen MR) is 63.5 cm³/mol. The Bertz CT molecular complexity index is 523. The summed E-state index contributed by atoms with van der Waals surface area (Å²) in [7, 11) is 0. The number of aryl methyl sites for hydroxylation is 2. The van der Waals surface area contributed by atoms with Crippen molar-refractivity contribution in [1.82, 2.24) is 10.1 Å². The van der Waals surface area contributed by atoms with Crippen LogP contribution in [0.2, 0.25) is 0 Å². The number of nitrogens with zero attached hydrogens (tertiary/aromatic N) is 2. The Morgan fingerprint density at radius 1 is 1.29 bits per heavy atom. The Morgan fingerprint density at radius 2 is 1.88 bits per heavy atom. The van der Waals surface area contributed by atoms with E-state index in [9.17, 15) is 5.11 Å². The molecule has 90 valence electrons. The topological polar surface area (TPSA) is 85.2 Å². The molecule has 5 nitrogen and oxygen atoms in total. The summed E-state index contributed by atoms with van der Waals surface area (Å²) >= 11 is 0. The zero-order valence-electron chi connectivity index (χ0n) is 10.1. The first-order valence-corrected chi connectivity index (χ1v) is 5.39. The lowest BCUT2D eigenvalue weighted by atomic mass is 10.1. The van der Waals surface area contributed by atoms with Crippen molar-refractivity contribution >= 4 is 0 Å². The summed E-state index contributed by atoms with van der Waals surface area (Å²) in [6.07, 6.45) is 0. The molecule has 1 atom stereocenters. The van der Waals surface area contributed by atoms with Gasteiger partial charge in [0.2, 0.25) is 11.7 Å². The Morgan fingerprint density at radius 3 is 2.35 bits per heavy atom. The highest BCUT2D eigenvalue weighted by molar-refractivity contribution is 5.60. The van der Waals surface area contributed by atoms with Gasteiger partial charge in [-0.25, -0.2) is 0 Å². The van der Waals surface area contributed by atoms with E-state index in [1.165, 1.54) is 0 Å². The monoisotopic (exact) mass is 233 g/mol. The van der Waals surface area contributed by atoms with Crippen LogP contribution in [0.5, 0.6) is 5.75 Å². The fourth-order valence-corrected chi connectivity index (χ4v) is 1.62. The molecule has 0 fully saturated rings. The van der Waals surface area contributed by atoms with E-state index in [1.807, 2.05) is 26.0 Å². The molecule has 2 aromatic rings. The fraction of sp³-hybridized carbons (Fsp3) is 0.333. The first-order chi connectivity index (χ1) is 7.99. The predicted octanol–water partition coefficient (Wildman–Crippen LogP) is 2.08. The lowest BCUT2D eigenvalue weighted by molar-refractivity contribution is 0.362. The summed E-state index contributed by atoms with van der Waals surface area (Å²) in [6, 6.07) is 3.35. The maximum Gasteiger partial charge on any atom is 0.243 e. The molecule has 0 aliphatic heterocycles. The van der Waals surface area contributed by atoms with Crippen LogP contribution in [0.4, 0.5) is 0 Å². The quantitative estimate of drug-likeness (QED) is 0.829. The minimum Gasteiger partial charge on any atom is -0.507 e. The van der Waals surface area contributed by atoms with E-state index in [4.69, 9.17) is 10.3 Å². The third kappa shape index (κ3) is 2.14. The zero-order valence-corrected chi connectivity index (χ0v) is 10.1. The number of nitrogens with two attached hydrogens (primary N) is 1. The molecule has 0 aliphatic rings. The van der Waals surface area contributed by atoms with E-state index in [0.29, 0.717) is 17.5 Å². The van der Waals surface area contributed by atoms with Crippen molar-refractivity contribution in [2.24, 2.45) is 5.73 Å². The molecule has 0 saturated carbocycles. The summed E-state index contributed by atoms with van der Waals surface area (Å²) < 4.78 is 5.04. The molecule has 3 N–H and O–H groups in total. The molecule has 5 heteroatoms. The van der Waals surface area contributed by atoms with Crippen molar-refractivity contribution in [3.8, 4) is 17.1 Å². The van der Waals surface area contributed by atoms with Gasteiger partial charge in [0.15, 0.2) is 0 Å². The van der Waals surface area contributed by atoms with E-state index >= 15 is 0 Å². The maximum atomic E-state index is 9.69. The van der Waals surface area contributed by atoms with Crippen molar-refractivity contribution in [2.75, 3.05) is 0 Å². The van der Waals surface area contributed by atoms with Gasteiger partial charge in [0.05, 0.1) is 6.04 Å². The third-order valence-corrected chi connectivity index (χ3v) is 2.58. The van der Waals surface area contributed by atoms with E-state index in [0.717, 1.165) is 16.7 Å². The van der Waals surface area contributed by atoms with E-state index in [-0.39, 0.29) is 6.04 Å². The van der Waals surface area contributed by atoms with Crippen molar-refractivity contribution in [1.29, 1.82) is 0 Å². The van der Waals surface area contributed by atoms with Gasteiger partial charge < -0.3 is 15.4 Å². The van der Waals surface area contributed by atoms with Crippen LogP contribution >= 0.6 is 0 Å². The molecule has 0 aliphatic carbocycles. The van der Waals surface area contributed by atoms with Gasteiger partial charge in [0.25, 0.3) is 0 Å². The highest BCUT2D eigenvalue weighted by Crippen LogP contribution is 2.27. The molecule has 1 aromatic heterocycles. The molecule has 0 radical (unpaired) electrons. The maximum absolute atomic E-state index is 9.69. The van der Waals surface area contributed by atoms with Gasteiger partial charge in [-0.1, -0.05) is 5.16 Å². The second-order valence-corrected chi connectivity index (χ2v) is 4.20. The number of aromatic hydroxyl groups is 1. The lowest BCUT2D eigenvalue weighted by Gasteiger charge is -2.04. The molecule has 1 heterocycles. The summed E-state index contributed by atoms with van der Waals surface area (Å²) in [5.74, 6) is 1.19. The Hall–Kier alpha value is -1.88. The minimum atomic E-state index is -0.282. The fourth-order valence-electron chi connectivity index (χ4n) is 1.62. The molecular weight excluding hydrogens is 218 g/mol. The number of benzene rings is 1. The normalized spacial score (nSPS) is 12.7. The SMILES string of the molecule is Cc1cc(-c2noc([C@@H](C)N)n2)cc(C)c1O. The van der Waals surface area contributed by atoms with Gasteiger partial charge in [-0.15, -0.1) is 0 Å². The number of rotatable bonds is 2. The minimum absolute atomic E-state index is 0.282. The van der Waals surface area contributed by atoms with Crippen LogP contribution in [0.25, 0.3) is 11.4 Å². The molecule has 0 saturated heterocycles. The third-order valence-electron chi connectivity index (χ3n) is 2.58. The molecule has 0 unspecified atom stereocenters. The summed E-state index contributed by atoms with van der Waals surface area (Å²) in [6.45, 7) is 5.45. The number of hydrogen-bond donors (Lipinski definition) is 2. The standard InChI is InChI=1S/C12H15N3O2/c1-6-4-9(5-7(2)10(6)16)11-14-12(8(3)13)17-15-11/h4-5,8,16H,13H2,1-3H3/t8-/m1/s1. The highest BCUT2D eigenvalue weighted by Gasteiger charge is 2.13. The molecule has 1 aromatic carbocycles. The van der Waals surface area contributed by atoms with E-state index in [1.54, 1.807) is 6.92 Å². The average Bonchev–Trinajstić information content (AvgIpc) is 2.74. The van der Waals surface area contributed by atoms with Crippen LogP contribution in [0, 0.1) is 13.8 Å². The Balaban J connectivity index is 2.46. The van der Waals surface area contributed by atoms with Gasteiger partial charge in [0, 0.05) is 5.56 Å². The summed E-state index contributed by atoms with van der Waals surface area (Å²) in [4.78, 5) is 4.21. The molecule has 0 bridgehead atoms. The summed E-state index contributed by atoms with van der Waals surface area (Å²) in [5, 5.41) is 13.6. The Kier molecular flexibility index (Phi) is 2.85. The number of phenols is 1. The van der Waals surface area contributed by atoms with Gasteiger partial charge in [-0.2, -0.15) is 4.98 Å². The van der Waals surface area contributed by atoms with Crippen LogP contribution < -0.4 is 5.73 Å². The molecule has 2 rings (SSSR count). The molecule has 17 heavy (non-hydrogen) atoms. The first-order valence-electron chi connectivity index (χ1n) is 5.39. The summed E-state index contributed by atoms with van der Waals surface area (Å²) in [5.41, 5.74) is 8.03. The van der Waals surface area contributed by atoms with Crippen LogP contribution in [-0.2, 0) is 0 Å². The number of hydrogen-bond acceptors (Lipinski definition) is 5. The Labute approximate surface area is 99.3 Å². The van der Waals surface area contributed by atoms with Crippen LogP contribution in [0.15, 0.2) is 16.7 Å². The van der Waals surface area contributed by atoms with E-state index < -0.39 is 0 Å². The average molecular weight is 233 g/mol. The van der Waals surface area contributed by atoms with Gasteiger partial charge >= 0.3 is 0 Å². The zero-order chi connectivity index (χ0) is 12.6. The molecule has 0 spiro atoms. The number of phenolic OH excluding ortho intramolecular Hbond substituents is 1. The van der Waals surface area contributed by atoms with Crippen molar-refractivity contribution in [3.05, 3.63) is 29.2 Å². The van der Waals surface area contributed by atoms with Gasteiger partial charge in [-0.05, 0) is 44.0 Å².